The summed E-state index contributed by atoms with van der Waals surface area (Å²) >= 11 is 0. The lowest BCUT2D eigenvalue weighted by Crippen LogP contribution is -2.57. The van der Waals surface area contributed by atoms with Crippen molar-refractivity contribution in [2.24, 2.45) is 0 Å². The molecule has 6 heteroatoms. The van der Waals surface area contributed by atoms with Crippen molar-refractivity contribution in [3.05, 3.63) is 23.5 Å². The van der Waals surface area contributed by atoms with Gasteiger partial charge >= 0.3 is 5.97 Å². The van der Waals surface area contributed by atoms with Crippen LogP contribution in [0.25, 0.3) is 0 Å². The summed E-state index contributed by atoms with van der Waals surface area (Å²) in [6.07, 6.45) is 1.56. The number of nitrogens with one attached hydrogen (secondary N) is 1. The third-order valence-electron chi connectivity index (χ3n) is 3.42. The van der Waals surface area contributed by atoms with E-state index in [2.05, 4.69) is 10.3 Å². The fraction of sp³-hybridized carbons (Fsp3) is 0.625. The van der Waals surface area contributed by atoms with Crippen LogP contribution in [0.5, 0.6) is 5.75 Å². The van der Waals surface area contributed by atoms with Crippen molar-refractivity contribution in [1.29, 1.82) is 0 Å². The average molecular weight is 310 g/mol. The van der Waals surface area contributed by atoms with E-state index in [0.717, 1.165) is 13.0 Å². The first kappa shape index (κ1) is 16.7. The Kier molecular flexibility index (Phi) is 5.01. The topological polar surface area (TPSA) is 60.5 Å². The predicted octanol–water partition coefficient (Wildman–Crippen LogP) is 2.31. The number of carbonyl (C=O) groups excluding carboxylic acids is 1. The van der Waals surface area contributed by atoms with Crippen molar-refractivity contribution >= 4 is 5.97 Å². The Bertz CT molecular complexity index is 539. The van der Waals surface area contributed by atoms with E-state index < -0.39 is 24.3 Å². The van der Waals surface area contributed by atoms with Gasteiger partial charge in [0.2, 0.25) is 6.10 Å². The maximum Gasteiger partial charge on any atom is 0.349 e. The lowest BCUT2D eigenvalue weighted by Gasteiger charge is -2.35. The SMILES string of the molecule is Cc1cc(OC(C(=O)OC(C)(C)C)[C@@H]2CCN2)cnc1CF. The Morgan fingerprint density at radius 1 is 1.55 bits per heavy atom. The molecule has 1 N–H and O–H groups in total. The number of halogens is 1. The summed E-state index contributed by atoms with van der Waals surface area (Å²) in [7, 11) is 0. The molecule has 22 heavy (non-hydrogen) atoms. The fourth-order valence-corrected chi connectivity index (χ4v) is 2.15. The lowest BCUT2D eigenvalue weighted by atomic mass is 10.0. The first-order valence-corrected chi connectivity index (χ1v) is 7.44. The molecular weight excluding hydrogens is 287 g/mol. The van der Waals surface area contributed by atoms with Crippen LogP contribution in [0.4, 0.5) is 4.39 Å². The summed E-state index contributed by atoms with van der Waals surface area (Å²) in [5, 5.41) is 3.16. The highest BCUT2D eigenvalue weighted by Gasteiger charge is 2.37. The second-order valence-corrected chi connectivity index (χ2v) is 6.49. The molecule has 1 aromatic rings. The summed E-state index contributed by atoms with van der Waals surface area (Å²) in [5.41, 5.74) is 0.502. The van der Waals surface area contributed by atoms with E-state index in [1.807, 2.05) is 20.8 Å². The molecule has 0 radical (unpaired) electrons. The first-order valence-electron chi connectivity index (χ1n) is 7.44. The van der Waals surface area contributed by atoms with Crippen molar-refractivity contribution in [2.45, 2.75) is 58.5 Å². The van der Waals surface area contributed by atoms with E-state index in [1.165, 1.54) is 6.20 Å². The molecule has 1 aliphatic heterocycles. The number of nitrogens with zero attached hydrogens (tertiary/aromatic N) is 1. The number of esters is 1. The quantitative estimate of drug-likeness (QED) is 0.846. The van der Waals surface area contributed by atoms with E-state index in [0.29, 0.717) is 17.0 Å². The van der Waals surface area contributed by atoms with E-state index in [9.17, 15) is 9.18 Å². The lowest BCUT2D eigenvalue weighted by molar-refractivity contribution is -0.165. The van der Waals surface area contributed by atoms with Crippen LogP contribution in [0, 0.1) is 6.92 Å². The van der Waals surface area contributed by atoms with Gasteiger partial charge in [-0.3, -0.25) is 4.98 Å². The first-order chi connectivity index (χ1) is 10.3. The van der Waals surface area contributed by atoms with Crippen molar-refractivity contribution in [2.75, 3.05) is 6.54 Å². The van der Waals surface area contributed by atoms with Gasteiger partial charge in [-0.05, 0) is 52.3 Å². The molecule has 0 spiro atoms. The van der Waals surface area contributed by atoms with Crippen LogP contribution in [-0.4, -0.2) is 35.2 Å². The standard InChI is InChI=1S/C16H23FN2O3/c1-10-7-11(9-19-13(10)8-17)21-14(12-5-6-18-12)15(20)22-16(2,3)4/h7,9,12,14,18H,5-6,8H2,1-4H3/t12-,14?/m0/s1. The second-order valence-electron chi connectivity index (χ2n) is 6.49. The van der Waals surface area contributed by atoms with Crippen molar-refractivity contribution in [3.63, 3.8) is 0 Å². The molecule has 2 rings (SSSR count). The highest BCUT2D eigenvalue weighted by atomic mass is 19.1. The molecule has 1 fully saturated rings. The minimum Gasteiger partial charge on any atom is -0.475 e. The molecule has 1 unspecified atom stereocenters. The summed E-state index contributed by atoms with van der Waals surface area (Å²) in [5.74, 6) is 0.0381. The van der Waals surface area contributed by atoms with Gasteiger partial charge in [-0.15, -0.1) is 0 Å². The number of ether oxygens (including phenoxy) is 2. The maximum atomic E-state index is 12.7. The van der Waals surface area contributed by atoms with Crippen LogP contribution in [0.2, 0.25) is 0 Å². The average Bonchev–Trinajstić information content (AvgIpc) is 2.34. The van der Waals surface area contributed by atoms with Gasteiger partial charge in [0.25, 0.3) is 0 Å². The van der Waals surface area contributed by atoms with E-state index in [-0.39, 0.29) is 6.04 Å². The zero-order valence-electron chi connectivity index (χ0n) is 13.5. The van der Waals surface area contributed by atoms with E-state index in [4.69, 9.17) is 9.47 Å². The van der Waals surface area contributed by atoms with Crippen molar-refractivity contribution in [3.8, 4) is 5.75 Å². The zero-order chi connectivity index (χ0) is 16.3. The van der Waals surface area contributed by atoms with Crippen LogP contribution >= 0.6 is 0 Å². The number of hydrogen-bond acceptors (Lipinski definition) is 5. The van der Waals surface area contributed by atoms with Gasteiger partial charge < -0.3 is 14.8 Å². The molecular formula is C16H23FN2O3. The Hall–Kier alpha value is -1.69. The van der Waals surface area contributed by atoms with Crippen LogP contribution in [0.3, 0.4) is 0 Å². The highest BCUT2D eigenvalue weighted by Crippen LogP contribution is 2.22. The number of carbonyl (C=O) groups is 1. The number of hydrogen-bond donors (Lipinski definition) is 1. The molecule has 1 saturated heterocycles. The maximum absolute atomic E-state index is 12.7. The molecule has 122 valence electrons. The van der Waals surface area contributed by atoms with Gasteiger partial charge in [-0.25, -0.2) is 9.18 Å². The Labute approximate surface area is 130 Å². The number of pyridine rings is 1. The smallest absolute Gasteiger partial charge is 0.349 e. The fourth-order valence-electron chi connectivity index (χ4n) is 2.15. The molecule has 1 aliphatic rings. The molecule has 0 saturated carbocycles. The van der Waals surface area contributed by atoms with Gasteiger partial charge in [0.1, 0.15) is 18.0 Å². The molecule has 2 atom stereocenters. The summed E-state index contributed by atoms with van der Waals surface area (Å²) in [6, 6.07) is 1.62. The Balaban J connectivity index is 2.13. The van der Waals surface area contributed by atoms with Crippen LogP contribution < -0.4 is 10.1 Å². The minimum absolute atomic E-state index is 0.0731. The van der Waals surface area contributed by atoms with Crippen LogP contribution in [-0.2, 0) is 16.2 Å². The zero-order valence-corrected chi connectivity index (χ0v) is 13.5. The van der Waals surface area contributed by atoms with Crippen molar-refractivity contribution in [1.82, 2.24) is 10.3 Å². The molecule has 5 nitrogen and oxygen atoms in total. The third kappa shape index (κ3) is 4.16. The van der Waals surface area contributed by atoms with Crippen LogP contribution in [0.1, 0.15) is 38.4 Å². The number of aromatic nitrogens is 1. The van der Waals surface area contributed by atoms with Gasteiger partial charge in [0.05, 0.1) is 17.9 Å². The number of rotatable bonds is 5. The predicted molar refractivity (Wildman–Crippen MR) is 80.5 cm³/mol. The minimum atomic E-state index is -0.731. The molecule has 1 aromatic heterocycles. The van der Waals surface area contributed by atoms with Crippen LogP contribution in [0.15, 0.2) is 12.3 Å². The third-order valence-corrected chi connectivity index (χ3v) is 3.42. The Morgan fingerprint density at radius 2 is 2.23 bits per heavy atom. The van der Waals surface area contributed by atoms with Gasteiger partial charge in [0.15, 0.2) is 0 Å². The normalized spacial score (nSPS) is 19.2. The van der Waals surface area contributed by atoms with E-state index >= 15 is 0 Å². The molecule has 0 bridgehead atoms. The van der Waals surface area contributed by atoms with Gasteiger partial charge in [-0.1, -0.05) is 0 Å². The van der Waals surface area contributed by atoms with Gasteiger partial charge in [-0.2, -0.15) is 0 Å². The van der Waals surface area contributed by atoms with Crippen molar-refractivity contribution < 1.29 is 18.7 Å². The largest absolute Gasteiger partial charge is 0.475 e. The second kappa shape index (κ2) is 6.60. The molecule has 0 aliphatic carbocycles. The molecule has 2 heterocycles. The number of aryl methyl sites for hydroxylation is 1. The summed E-state index contributed by atoms with van der Waals surface area (Å²) in [6.45, 7) is 7.45. The van der Waals surface area contributed by atoms with E-state index in [1.54, 1.807) is 13.0 Å². The van der Waals surface area contributed by atoms with Gasteiger partial charge in [0, 0.05) is 0 Å². The highest BCUT2D eigenvalue weighted by molar-refractivity contribution is 5.76. The number of alkyl halides is 1. The molecule has 0 aromatic carbocycles. The Morgan fingerprint density at radius 3 is 2.68 bits per heavy atom. The molecule has 0 amide bonds. The summed E-state index contributed by atoms with van der Waals surface area (Å²) < 4.78 is 23.9. The monoisotopic (exact) mass is 310 g/mol. The summed E-state index contributed by atoms with van der Waals surface area (Å²) in [4.78, 5) is 16.4.